The molecule has 1 aromatic carbocycles. The molecule has 2 aromatic rings. The van der Waals surface area contributed by atoms with Crippen LogP contribution in [0.2, 0.25) is 0 Å². The number of carbonyl (C=O) groups excluding carboxylic acids is 2. The number of piperazine rings is 1. The van der Waals surface area contributed by atoms with Gasteiger partial charge in [-0.3, -0.25) is 19.5 Å². The fourth-order valence-electron chi connectivity index (χ4n) is 3.69. The van der Waals surface area contributed by atoms with Crippen molar-refractivity contribution in [1.29, 1.82) is 0 Å². The molecule has 2 saturated heterocycles. The Hall–Kier alpha value is -2.22. The summed E-state index contributed by atoms with van der Waals surface area (Å²) in [6, 6.07) is 13.0. The number of carbonyl (C=O) groups is 2. The van der Waals surface area contributed by atoms with Gasteiger partial charge in [-0.1, -0.05) is 24.3 Å². The van der Waals surface area contributed by atoms with E-state index in [4.69, 9.17) is 0 Å². The first kappa shape index (κ1) is 18.2. The molecular formula is C20H24N4O2S. The minimum Gasteiger partial charge on any atom is -0.296 e. The number of hydrogen-bond acceptors (Lipinski definition) is 5. The maximum absolute atomic E-state index is 12.9. The van der Waals surface area contributed by atoms with Crippen molar-refractivity contribution in [2.75, 3.05) is 37.7 Å². The maximum atomic E-state index is 12.9. The quantitative estimate of drug-likeness (QED) is 0.744. The van der Waals surface area contributed by atoms with Crippen LogP contribution in [0.1, 0.15) is 11.8 Å². The average molecular weight is 385 g/mol. The third kappa shape index (κ3) is 3.76. The van der Waals surface area contributed by atoms with Gasteiger partial charge in [-0.05, 0) is 30.5 Å². The van der Waals surface area contributed by atoms with Crippen LogP contribution in [-0.2, 0) is 11.3 Å². The van der Waals surface area contributed by atoms with E-state index in [1.165, 1.54) is 9.78 Å². The molecule has 0 spiro atoms. The lowest BCUT2D eigenvalue weighted by molar-refractivity contribution is -0.128. The smallest absolute Gasteiger partial charge is 0.296 e. The number of anilines is 1. The predicted octanol–water partition coefficient (Wildman–Crippen LogP) is 2.68. The molecule has 3 heterocycles. The molecular weight excluding hydrogens is 360 g/mol. The van der Waals surface area contributed by atoms with Crippen molar-refractivity contribution in [3.05, 3.63) is 52.7 Å². The second kappa shape index (κ2) is 7.80. The molecule has 1 aromatic heterocycles. The van der Waals surface area contributed by atoms with E-state index in [0.29, 0.717) is 6.67 Å². The van der Waals surface area contributed by atoms with Crippen LogP contribution < -0.4 is 4.90 Å². The standard InChI is InChI=1S/C20H24N4O2S/c1-16-19(25)23(20(26)24(16)17-6-3-2-4-7-17)15-22-11-9-21(10-12-22)14-18-8-5-13-27-18/h2-8,13,16H,9-12,14-15H2,1H3. The summed E-state index contributed by atoms with van der Waals surface area (Å²) >= 11 is 1.78. The van der Waals surface area contributed by atoms with Gasteiger partial charge in [0.2, 0.25) is 0 Å². The van der Waals surface area contributed by atoms with E-state index in [1.807, 2.05) is 30.3 Å². The first-order chi connectivity index (χ1) is 13.1. The van der Waals surface area contributed by atoms with Crippen molar-refractivity contribution >= 4 is 29.0 Å². The highest BCUT2D eigenvalue weighted by Gasteiger charge is 2.43. The lowest BCUT2D eigenvalue weighted by Gasteiger charge is -2.35. The van der Waals surface area contributed by atoms with Crippen LogP contribution in [0.5, 0.6) is 0 Å². The van der Waals surface area contributed by atoms with Gasteiger partial charge < -0.3 is 0 Å². The summed E-state index contributed by atoms with van der Waals surface area (Å²) in [5.74, 6) is -0.120. The van der Waals surface area contributed by atoms with Crippen LogP contribution in [0, 0.1) is 0 Å². The summed E-state index contributed by atoms with van der Waals surface area (Å²) in [6.07, 6.45) is 0. The largest absolute Gasteiger partial charge is 0.333 e. The number of rotatable bonds is 5. The third-order valence-electron chi connectivity index (χ3n) is 5.25. The normalized spacial score (nSPS) is 22.0. The summed E-state index contributed by atoms with van der Waals surface area (Å²) in [7, 11) is 0. The highest BCUT2D eigenvalue weighted by molar-refractivity contribution is 7.09. The van der Waals surface area contributed by atoms with Gasteiger partial charge in [0.05, 0.1) is 6.67 Å². The van der Waals surface area contributed by atoms with E-state index in [2.05, 4.69) is 27.3 Å². The molecule has 3 amide bonds. The number of amides is 3. The molecule has 0 aliphatic carbocycles. The summed E-state index contributed by atoms with van der Waals surface area (Å²) in [5.41, 5.74) is 0.770. The molecule has 1 atom stereocenters. The zero-order valence-corrected chi connectivity index (χ0v) is 16.3. The topological polar surface area (TPSA) is 47.1 Å². The second-order valence-electron chi connectivity index (χ2n) is 7.05. The summed E-state index contributed by atoms with van der Waals surface area (Å²) in [5, 5.41) is 2.11. The Bertz CT molecular complexity index is 788. The molecule has 142 valence electrons. The number of hydrogen-bond donors (Lipinski definition) is 0. The number of para-hydroxylation sites is 1. The molecule has 0 bridgehead atoms. The molecule has 6 nitrogen and oxygen atoms in total. The van der Waals surface area contributed by atoms with E-state index < -0.39 is 6.04 Å². The van der Waals surface area contributed by atoms with Crippen molar-refractivity contribution in [1.82, 2.24) is 14.7 Å². The summed E-state index contributed by atoms with van der Waals surface area (Å²) in [6.45, 7) is 6.78. The maximum Gasteiger partial charge on any atom is 0.333 e. The van der Waals surface area contributed by atoms with E-state index >= 15 is 0 Å². The number of nitrogens with zero attached hydrogens (tertiary/aromatic N) is 4. The molecule has 0 radical (unpaired) electrons. The minimum atomic E-state index is -0.458. The first-order valence-electron chi connectivity index (χ1n) is 9.30. The van der Waals surface area contributed by atoms with Crippen LogP contribution in [0.4, 0.5) is 10.5 Å². The molecule has 0 N–H and O–H groups in total. The molecule has 2 aliphatic rings. The molecule has 2 fully saturated rings. The summed E-state index contributed by atoms with van der Waals surface area (Å²) < 4.78 is 0. The highest BCUT2D eigenvalue weighted by atomic mass is 32.1. The van der Waals surface area contributed by atoms with E-state index in [-0.39, 0.29) is 11.9 Å². The van der Waals surface area contributed by atoms with Crippen LogP contribution in [0.3, 0.4) is 0 Å². The van der Waals surface area contributed by atoms with Gasteiger partial charge in [-0.2, -0.15) is 0 Å². The van der Waals surface area contributed by atoms with Crippen LogP contribution in [-0.4, -0.2) is 65.5 Å². The number of urea groups is 1. The average Bonchev–Trinajstić information content (AvgIpc) is 3.27. The second-order valence-corrected chi connectivity index (χ2v) is 8.08. The monoisotopic (exact) mass is 384 g/mol. The van der Waals surface area contributed by atoms with Crippen LogP contribution >= 0.6 is 11.3 Å². The Balaban J connectivity index is 1.36. The third-order valence-corrected chi connectivity index (χ3v) is 6.11. The van der Waals surface area contributed by atoms with Gasteiger partial charge in [0.25, 0.3) is 5.91 Å². The first-order valence-corrected chi connectivity index (χ1v) is 10.2. The fourth-order valence-corrected chi connectivity index (χ4v) is 4.44. The Kier molecular flexibility index (Phi) is 5.24. The SMILES string of the molecule is CC1C(=O)N(CN2CCN(Cc3cccs3)CC2)C(=O)N1c1ccccc1. The van der Waals surface area contributed by atoms with Crippen molar-refractivity contribution < 1.29 is 9.59 Å². The molecule has 0 saturated carbocycles. The Morgan fingerprint density at radius 2 is 1.67 bits per heavy atom. The molecule has 4 rings (SSSR count). The van der Waals surface area contributed by atoms with Gasteiger partial charge in [-0.15, -0.1) is 11.3 Å². The van der Waals surface area contributed by atoms with E-state index in [1.54, 1.807) is 23.2 Å². The van der Waals surface area contributed by atoms with Gasteiger partial charge in [0, 0.05) is 43.3 Å². The lowest BCUT2D eigenvalue weighted by atomic mass is 10.2. The Morgan fingerprint density at radius 1 is 0.963 bits per heavy atom. The number of imide groups is 1. The fraction of sp³-hybridized carbons (Fsp3) is 0.400. The predicted molar refractivity (Wildman–Crippen MR) is 107 cm³/mol. The zero-order valence-electron chi connectivity index (χ0n) is 15.5. The van der Waals surface area contributed by atoms with Crippen LogP contribution in [0.25, 0.3) is 0 Å². The lowest BCUT2D eigenvalue weighted by Crippen LogP contribution is -2.51. The number of thiophene rings is 1. The van der Waals surface area contributed by atoms with Crippen molar-refractivity contribution in [3.63, 3.8) is 0 Å². The zero-order chi connectivity index (χ0) is 18.8. The summed E-state index contributed by atoms with van der Waals surface area (Å²) in [4.78, 5) is 34.5. The Morgan fingerprint density at radius 3 is 2.33 bits per heavy atom. The number of benzene rings is 1. The van der Waals surface area contributed by atoms with Gasteiger partial charge in [0.15, 0.2) is 0 Å². The van der Waals surface area contributed by atoms with Crippen molar-refractivity contribution in [2.45, 2.75) is 19.5 Å². The van der Waals surface area contributed by atoms with Crippen LogP contribution in [0.15, 0.2) is 47.8 Å². The van der Waals surface area contributed by atoms with Gasteiger partial charge >= 0.3 is 6.03 Å². The molecule has 7 heteroatoms. The van der Waals surface area contributed by atoms with Gasteiger partial charge in [0.1, 0.15) is 6.04 Å². The molecule has 2 aliphatic heterocycles. The van der Waals surface area contributed by atoms with Crippen molar-refractivity contribution in [2.24, 2.45) is 0 Å². The van der Waals surface area contributed by atoms with Gasteiger partial charge in [-0.25, -0.2) is 9.69 Å². The van der Waals surface area contributed by atoms with Crippen molar-refractivity contribution in [3.8, 4) is 0 Å². The van der Waals surface area contributed by atoms with E-state index in [9.17, 15) is 9.59 Å². The Labute approximate surface area is 163 Å². The molecule has 27 heavy (non-hydrogen) atoms. The highest BCUT2D eigenvalue weighted by Crippen LogP contribution is 2.25. The van der Waals surface area contributed by atoms with E-state index in [0.717, 1.165) is 38.4 Å². The minimum absolute atomic E-state index is 0.120. The molecule has 1 unspecified atom stereocenters.